The molecule has 0 radical (unpaired) electrons. The molecule has 2 fully saturated rings. The molecule has 0 aromatic heterocycles. The van der Waals surface area contributed by atoms with Crippen LogP contribution in [-0.2, 0) is 0 Å². The molecule has 16 heavy (non-hydrogen) atoms. The number of nitrogens with zero attached hydrogens (tertiary/aromatic N) is 2. The molecule has 1 aliphatic heterocycles. The molecule has 1 aliphatic carbocycles. The second-order valence-electron chi connectivity index (χ2n) is 5.68. The van der Waals surface area contributed by atoms with Crippen molar-refractivity contribution >= 4 is 0 Å². The summed E-state index contributed by atoms with van der Waals surface area (Å²) in [5.41, 5.74) is 0. The molecule has 1 heterocycles. The molecule has 1 saturated heterocycles. The van der Waals surface area contributed by atoms with Gasteiger partial charge in [-0.3, -0.25) is 0 Å². The van der Waals surface area contributed by atoms with Gasteiger partial charge in [-0.15, -0.1) is 0 Å². The molecule has 0 aromatic carbocycles. The average molecular weight is 225 g/mol. The normalized spacial score (nSPS) is 25.7. The first-order valence-corrected chi connectivity index (χ1v) is 6.89. The topological polar surface area (TPSA) is 18.5 Å². The van der Waals surface area contributed by atoms with Crippen LogP contribution in [0.3, 0.4) is 0 Å². The van der Waals surface area contributed by atoms with Crippen LogP contribution in [0.15, 0.2) is 0 Å². The maximum absolute atomic E-state index is 3.41. The minimum atomic E-state index is 0.809. The van der Waals surface area contributed by atoms with Gasteiger partial charge in [0.1, 0.15) is 0 Å². The van der Waals surface area contributed by atoms with Crippen molar-refractivity contribution in [3.05, 3.63) is 0 Å². The van der Waals surface area contributed by atoms with Crippen LogP contribution in [0.1, 0.15) is 26.2 Å². The third-order valence-electron chi connectivity index (χ3n) is 4.08. The summed E-state index contributed by atoms with van der Waals surface area (Å²) in [6, 6.07) is 0.894. The second-order valence-corrected chi connectivity index (χ2v) is 5.68. The predicted octanol–water partition coefficient (Wildman–Crippen LogP) is 1.01. The van der Waals surface area contributed by atoms with Gasteiger partial charge in [0.05, 0.1) is 0 Å². The van der Waals surface area contributed by atoms with Crippen LogP contribution in [0.4, 0.5) is 0 Å². The van der Waals surface area contributed by atoms with Crippen LogP contribution in [0.2, 0.25) is 0 Å². The zero-order valence-electron chi connectivity index (χ0n) is 10.9. The minimum absolute atomic E-state index is 0.809. The number of hydrogen-bond donors (Lipinski definition) is 1. The van der Waals surface area contributed by atoms with E-state index in [1.807, 2.05) is 0 Å². The molecule has 0 amide bonds. The smallest absolute Gasteiger partial charge is 0.0107 e. The maximum atomic E-state index is 3.41. The lowest BCUT2D eigenvalue weighted by atomic mass is 9.91. The summed E-state index contributed by atoms with van der Waals surface area (Å²) >= 11 is 0. The maximum Gasteiger partial charge on any atom is 0.0107 e. The van der Waals surface area contributed by atoms with E-state index in [0.29, 0.717) is 0 Å². The van der Waals surface area contributed by atoms with Crippen LogP contribution in [0, 0.1) is 5.92 Å². The Hall–Kier alpha value is -0.120. The largest absolute Gasteiger partial charge is 0.314 e. The Morgan fingerprint density at radius 3 is 2.56 bits per heavy atom. The Morgan fingerprint density at radius 1 is 1.31 bits per heavy atom. The van der Waals surface area contributed by atoms with Crippen molar-refractivity contribution in [1.82, 2.24) is 15.1 Å². The summed E-state index contributed by atoms with van der Waals surface area (Å²) in [6.07, 6.45) is 4.30. The molecule has 94 valence electrons. The molecule has 1 unspecified atom stereocenters. The van der Waals surface area contributed by atoms with Crippen molar-refractivity contribution in [2.45, 2.75) is 32.2 Å². The van der Waals surface area contributed by atoms with E-state index >= 15 is 0 Å². The zero-order valence-corrected chi connectivity index (χ0v) is 10.9. The van der Waals surface area contributed by atoms with Gasteiger partial charge in [0, 0.05) is 45.3 Å². The fourth-order valence-electron chi connectivity index (χ4n) is 2.86. The van der Waals surface area contributed by atoms with Crippen LogP contribution in [0.25, 0.3) is 0 Å². The van der Waals surface area contributed by atoms with Crippen LogP contribution in [0.5, 0.6) is 0 Å². The number of rotatable bonds is 5. The third-order valence-corrected chi connectivity index (χ3v) is 4.08. The lowest BCUT2D eigenvalue weighted by Crippen LogP contribution is -2.47. The van der Waals surface area contributed by atoms with Crippen molar-refractivity contribution in [2.75, 3.05) is 46.3 Å². The van der Waals surface area contributed by atoms with Gasteiger partial charge in [0.25, 0.3) is 0 Å². The molecule has 3 heteroatoms. The van der Waals surface area contributed by atoms with Gasteiger partial charge in [-0.1, -0.05) is 13.3 Å². The Balaban J connectivity index is 1.64. The van der Waals surface area contributed by atoms with E-state index in [4.69, 9.17) is 0 Å². The lowest BCUT2D eigenvalue weighted by Gasteiger charge is -2.37. The van der Waals surface area contributed by atoms with Gasteiger partial charge in [0.2, 0.25) is 0 Å². The number of piperazine rings is 1. The van der Waals surface area contributed by atoms with E-state index in [2.05, 4.69) is 29.1 Å². The summed E-state index contributed by atoms with van der Waals surface area (Å²) in [5, 5.41) is 3.41. The third kappa shape index (κ3) is 3.44. The van der Waals surface area contributed by atoms with Gasteiger partial charge in [-0.25, -0.2) is 0 Å². The molecule has 2 aliphatic rings. The summed E-state index contributed by atoms with van der Waals surface area (Å²) in [5.74, 6) is 0.809. The molecule has 2 rings (SSSR count). The molecule has 0 bridgehead atoms. The molecule has 0 aromatic rings. The SMILES string of the molecule is CC(CN1CCNCC1)CN(C)C1CCC1. The summed E-state index contributed by atoms with van der Waals surface area (Å²) < 4.78 is 0. The van der Waals surface area contributed by atoms with Crippen LogP contribution >= 0.6 is 0 Å². The molecule has 3 nitrogen and oxygen atoms in total. The van der Waals surface area contributed by atoms with E-state index in [1.54, 1.807) is 0 Å². The first kappa shape index (κ1) is 12.3. The Morgan fingerprint density at radius 2 is 2.00 bits per heavy atom. The van der Waals surface area contributed by atoms with E-state index < -0.39 is 0 Å². The van der Waals surface area contributed by atoms with Gasteiger partial charge < -0.3 is 15.1 Å². The van der Waals surface area contributed by atoms with Crippen molar-refractivity contribution in [3.63, 3.8) is 0 Å². The van der Waals surface area contributed by atoms with Gasteiger partial charge in [0.15, 0.2) is 0 Å². The standard InChI is InChI=1S/C13H27N3/c1-12(10-15(2)13-4-3-5-13)11-16-8-6-14-7-9-16/h12-14H,3-11H2,1-2H3. The van der Waals surface area contributed by atoms with Crippen molar-refractivity contribution < 1.29 is 0 Å². The van der Waals surface area contributed by atoms with E-state index in [-0.39, 0.29) is 0 Å². The van der Waals surface area contributed by atoms with Gasteiger partial charge in [-0.2, -0.15) is 0 Å². The monoisotopic (exact) mass is 225 g/mol. The summed E-state index contributed by atoms with van der Waals surface area (Å²) in [6.45, 7) is 9.76. The van der Waals surface area contributed by atoms with Crippen molar-refractivity contribution in [1.29, 1.82) is 0 Å². The zero-order chi connectivity index (χ0) is 11.4. The van der Waals surface area contributed by atoms with E-state index in [9.17, 15) is 0 Å². The summed E-state index contributed by atoms with van der Waals surface area (Å²) in [4.78, 5) is 5.19. The Kier molecular flexibility index (Phi) is 4.62. The van der Waals surface area contributed by atoms with Crippen molar-refractivity contribution in [2.24, 2.45) is 5.92 Å². The van der Waals surface area contributed by atoms with Crippen molar-refractivity contribution in [3.8, 4) is 0 Å². The minimum Gasteiger partial charge on any atom is -0.314 e. The van der Waals surface area contributed by atoms with Gasteiger partial charge in [-0.05, 0) is 25.8 Å². The molecular weight excluding hydrogens is 198 g/mol. The number of hydrogen-bond acceptors (Lipinski definition) is 3. The molecule has 0 spiro atoms. The van der Waals surface area contributed by atoms with Crippen LogP contribution < -0.4 is 5.32 Å². The van der Waals surface area contributed by atoms with E-state index in [1.165, 1.54) is 58.5 Å². The fraction of sp³-hybridized carbons (Fsp3) is 1.00. The fourth-order valence-corrected chi connectivity index (χ4v) is 2.86. The highest BCUT2D eigenvalue weighted by Crippen LogP contribution is 2.24. The molecule has 1 N–H and O–H groups in total. The quantitative estimate of drug-likeness (QED) is 0.753. The molecule has 1 saturated carbocycles. The highest BCUT2D eigenvalue weighted by atomic mass is 15.2. The second kappa shape index (κ2) is 5.99. The lowest BCUT2D eigenvalue weighted by molar-refractivity contribution is 0.121. The number of nitrogens with one attached hydrogen (secondary N) is 1. The highest BCUT2D eigenvalue weighted by Gasteiger charge is 2.23. The first-order valence-electron chi connectivity index (χ1n) is 6.89. The molecular formula is C13H27N3. The summed E-state index contributed by atoms with van der Waals surface area (Å²) in [7, 11) is 2.30. The first-order chi connectivity index (χ1) is 7.75. The molecule has 1 atom stereocenters. The Bertz CT molecular complexity index is 193. The highest BCUT2D eigenvalue weighted by molar-refractivity contribution is 4.79. The van der Waals surface area contributed by atoms with Crippen LogP contribution in [-0.4, -0.2) is 62.2 Å². The van der Waals surface area contributed by atoms with E-state index in [0.717, 1.165) is 12.0 Å². The predicted molar refractivity (Wildman–Crippen MR) is 68.7 cm³/mol. The Labute approximate surface area is 100 Å². The average Bonchev–Trinajstić information content (AvgIpc) is 2.15. The van der Waals surface area contributed by atoms with Gasteiger partial charge >= 0.3 is 0 Å².